The summed E-state index contributed by atoms with van der Waals surface area (Å²) >= 11 is 12.4. The Labute approximate surface area is 273 Å². The first-order valence-electron chi connectivity index (χ1n) is 15.3. The highest BCUT2D eigenvalue weighted by Gasteiger charge is 2.36. The lowest BCUT2D eigenvalue weighted by Crippen LogP contribution is -2.42. The fourth-order valence-corrected chi connectivity index (χ4v) is 6.33. The van der Waals surface area contributed by atoms with Crippen LogP contribution in [0.5, 0.6) is 11.5 Å². The number of ether oxygens (including phenoxy) is 3. The maximum absolute atomic E-state index is 13.6. The third kappa shape index (κ3) is 7.18. The van der Waals surface area contributed by atoms with Crippen LogP contribution in [-0.2, 0) is 11.2 Å². The minimum absolute atomic E-state index is 0.257. The molecular weight excluding hydrogens is 613 g/mol. The molecule has 10 heteroatoms. The van der Waals surface area contributed by atoms with Crippen LogP contribution in [0, 0.1) is 5.92 Å². The van der Waals surface area contributed by atoms with E-state index in [0.717, 1.165) is 46.3 Å². The third-order valence-electron chi connectivity index (χ3n) is 8.29. The van der Waals surface area contributed by atoms with Crippen LogP contribution in [-0.4, -0.2) is 58.8 Å². The summed E-state index contributed by atoms with van der Waals surface area (Å²) in [5, 5.41) is 2.30. The number of fused-ring (bicyclic) bond motifs is 3. The van der Waals surface area contributed by atoms with E-state index in [1.807, 2.05) is 63.2 Å². The lowest BCUT2D eigenvalue weighted by Gasteiger charge is -2.35. The van der Waals surface area contributed by atoms with E-state index in [4.69, 9.17) is 37.4 Å². The number of amides is 2. The number of piperidine rings is 1. The number of halogens is 2. The predicted octanol–water partition coefficient (Wildman–Crippen LogP) is 8.65. The highest BCUT2D eigenvalue weighted by molar-refractivity contribution is 6.31. The summed E-state index contributed by atoms with van der Waals surface area (Å²) in [4.78, 5) is 33.1. The molecule has 1 unspecified atom stereocenters. The molecule has 236 valence electrons. The number of nitrogens with zero attached hydrogens (tertiary/aromatic N) is 2. The summed E-state index contributed by atoms with van der Waals surface area (Å²) in [6, 6.07) is 20.1. The molecule has 8 nitrogen and oxygen atoms in total. The molecule has 1 fully saturated rings. The summed E-state index contributed by atoms with van der Waals surface area (Å²) < 4.78 is 17.5. The Hall–Kier alpha value is -3.88. The number of aromatic nitrogens is 1. The SMILES string of the molecule is CC(C)(C)OC(=O)N1CCC(COc2ccc(C3c4[nH]c5ccc(Cl)cc5c4CCN3C(=O)Oc3ccc(Cl)cc3)cc2)CC1. The minimum Gasteiger partial charge on any atom is -0.493 e. The van der Waals surface area contributed by atoms with E-state index < -0.39 is 17.7 Å². The van der Waals surface area contributed by atoms with Crippen LogP contribution in [0.2, 0.25) is 10.0 Å². The maximum atomic E-state index is 13.6. The predicted molar refractivity (Wildman–Crippen MR) is 176 cm³/mol. The molecular formula is C35H37Cl2N3O5. The monoisotopic (exact) mass is 649 g/mol. The van der Waals surface area contributed by atoms with Gasteiger partial charge in [-0.15, -0.1) is 0 Å². The van der Waals surface area contributed by atoms with Gasteiger partial charge in [-0.05, 0) is 112 Å². The quantitative estimate of drug-likeness (QED) is 0.234. The van der Waals surface area contributed by atoms with Gasteiger partial charge in [0.25, 0.3) is 0 Å². The number of carbonyl (C=O) groups excluding carboxylic acids is 2. The zero-order chi connectivity index (χ0) is 31.7. The molecule has 0 radical (unpaired) electrons. The standard InChI is InChI=1S/C35H37Cl2N3O5/c1-35(2,3)45-33(41)39-17-14-22(15-18-39)21-43-26-9-4-23(5-10-26)32-31-28(29-20-25(37)8-13-30(29)38-31)16-19-40(32)34(42)44-27-11-6-24(36)7-12-27/h4-13,20,22,32,38H,14-19,21H2,1-3H3. The zero-order valence-corrected chi connectivity index (χ0v) is 27.2. The first-order valence-corrected chi connectivity index (χ1v) is 16.0. The molecule has 3 aromatic carbocycles. The lowest BCUT2D eigenvalue weighted by atomic mass is 9.92. The number of hydrogen-bond donors (Lipinski definition) is 1. The van der Waals surface area contributed by atoms with E-state index in [2.05, 4.69) is 4.98 Å². The molecule has 2 amide bonds. The molecule has 1 atom stereocenters. The molecule has 3 heterocycles. The lowest BCUT2D eigenvalue weighted by molar-refractivity contribution is 0.0165. The van der Waals surface area contributed by atoms with Crippen molar-refractivity contribution in [1.29, 1.82) is 0 Å². The van der Waals surface area contributed by atoms with Gasteiger partial charge in [0.1, 0.15) is 23.1 Å². The first kappa shape index (κ1) is 31.1. The number of aromatic amines is 1. The minimum atomic E-state index is -0.501. The summed E-state index contributed by atoms with van der Waals surface area (Å²) in [6.07, 6.45) is 1.68. The van der Waals surface area contributed by atoms with Crippen molar-refractivity contribution in [3.8, 4) is 11.5 Å². The molecule has 2 aliphatic heterocycles. The first-order chi connectivity index (χ1) is 21.5. The van der Waals surface area contributed by atoms with Gasteiger partial charge >= 0.3 is 12.2 Å². The molecule has 0 saturated carbocycles. The van der Waals surface area contributed by atoms with Crippen molar-refractivity contribution in [2.75, 3.05) is 26.2 Å². The van der Waals surface area contributed by atoms with Gasteiger partial charge in [0.2, 0.25) is 0 Å². The van der Waals surface area contributed by atoms with Crippen LogP contribution in [0.15, 0.2) is 66.7 Å². The van der Waals surface area contributed by atoms with Crippen LogP contribution >= 0.6 is 23.2 Å². The molecule has 4 aromatic rings. The van der Waals surface area contributed by atoms with Gasteiger partial charge < -0.3 is 24.1 Å². The van der Waals surface area contributed by atoms with Crippen LogP contribution < -0.4 is 9.47 Å². The van der Waals surface area contributed by atoms with E-state index in [1.54, 1.807) is 34.1 Å². The molecule has 0 bridgehead atoms. The van der Waals surface area contributed by atoms with Gasteiger partial charge in [-0.1, -0.05) is 35.3 Å². The number of H-pyrrole nitrogens is 1. The second kappa shape index (κ2) is 12.9. The Bertz CT molecular complexity index is 1670. The Morgan fingerprint density at radius 1 is 0.867 bits per heavy atom. The smallest absolute Gasteiger partial charge is 0.416 e. The van der Waals surface area contributed by atoms with Gasteiger partial charge in [-0.2, -0.15) is 0 Å². The molecule has 6 rings (SSSR count). The molecule has 1 N–H and O–H groups in total. The second-order valence-corrected chi connectivity index (χ2v) is 13.5. The van der Waals surface area contributed by atoms with E-state index >= 15 is 0 Å². The van der Waals surface area contributed by atoms with E-state index in [-0.39, 0.29) is 6.09 Å². The average Bonchev–Trinajstić information content (AvgIpc) is 3.38. The van der Waals surface area contributed by atoms with Gasteiger partial charge in [-0.3, -0.25) is 4.90 Å². The van der Waals surface area contributed by atoms with E-state index in [1.165, 1.54) is 0 Å². The van der Waals surface area contributed by atoms with Crippen molar-refractivity contribution >= 4 is 46.3 Å². The average molecular weight is 651 g/mol. The number of rotatable bonds is 5. The van der Waals surface area contributed by atoms with Crippen molar-refractivity contribution in [3.05, 3.63) is 93.6 Å². The van der Waals surface area contributed by atoms with Crippen molar-refractivity contribution < 1.29 is 23.8 Å². The highest BCUT2D eigenvalue weighted by atomic mass is 35.5. The number of nitrogens with one attached hydrogen (secondary N) is 1. The zero-order valence-electron chi connectivity index (χ0n) is 25.6. The van der Waals surface area contributed by atoms with E-state index in [0.29, 0.717) is 54.4 Å². The Balaban J connectivity index is 1.17. The number of benzene rings is 3. The number of carbonyl (C=O) groups is 2. The van der Waals surface area contributed by atoms with Gasteiger partial charge in [-0.25, -0.2) is 9.59 Å². The summed E-state index contributed by atoms with van der Waals surface area (Å²) in [5.41, 5.74) is 3.49. The molecule has 45 heavy (non-hydrogen) atoms. The number of hydrogen-bond acceptors (Lipinski definition) is 5. The molecule has 1 saturated heterocycles. The third-order valence-corrected chi connectivity index (χ3v) is 8.78. The number of likely N-dealkylation sites (tertiary alicyclic amines) is 1. The molecule has 0 aliphatic carbocycles. The largest absolute Gasteiger partial charge is 0.493 e. The van der Waals surface area contributed by atoms with Crippen molar-refractivity contribution in [2.45, 2.75) is 51.7 Å². The Kier molecular flexibility index (Phi) is 8.89. The van der Waals surface area contributed by atoms with Crippen LogP contribution in [0.3, 0.4) is 0 Å². The topological polar surface area (TPSA) is 84.1 Å². The summed E-state index contributed by atoms with van der Waals surface area (Å²) in [5.74, 6) is 1.53. The van der Waals surface area contributed by atoms with Gasteiger partial charge in [0, 0.05) is 46.3 Å². The van der Waals surface area contributed by atoms with Crippen molar-refractivity contribution in [2.24, 2.45) is 5.92 Å². The fourth-order valence-electron chi connectivity index (χ4n) is 6.04. The molecule has 1 aromatic heterocycles. The molecule has 2 aliphatic rings. The summed E-state index contributed by atoms with van der Waals surface area (Å²) in [6.45, 7) is 7.99. The van der Waals surface area contributed by atoms with Crippen molar-refractivity contribution in [3.63, 3.8) is 0 Å². The van der Waals surface area contributed by atoms with Crippen LogP contribution in [0.25, 0.3) is 10.9 Å². The van der Waals surface area contributed by atoms with Gasteiger partial charge in [0.05, 0.1) is 6.61 Å². The highest BCUT2D eigenvalue weighted by Crippen LogP contribution is 2.40. The van der Waals surface area contributed by atoms with Crippen LogP contribution in [0.1, 0.15) is 56.5 Å². The van der Waals surface area contributed by atoms with E-state index in [9.17, 15) is 9.59 Å². The Morgan fingerprint density at radius 3 is 2.22 bits per heavy atom. The summed E-state index contributed by atoms with van der Waals surface area (Å²) in [7, 11) is 0. The molecule has 0 spiro atoms. The van der Waals surface area contributed by atoms with Gasteiger partial charge in [0.15, 0.2) is 0 Å². The normalized spacial score (nSPS) is 17.2. The van der Waals surface area contributed by atoms with Crippen molar-refractivity contribution in [1.82, 2.24) is 14.8 Å². The fraction of sp³-hybridized carbons (Fsp3) is 0.371. The maximum Gasteiger partial charge on any atom is 0.416 e. The van der Waals surface area contributed by atoms with Crippen LogP contribution in [0.4, 0.5) is 9.59 Å². The Morgan fingerprint density at radius 2 is 1.53 bits per heavy atom. The second-order valence-electron chi connectivity index (χ2n) is 12.7.